The van der Waals surface area contributed by atoms with Gasteiger partial charge in [0.25, 0.3) is 0 Å². The Hall–Kier alpha value is -2.92. The molecule has 0 atom stereocenters. The third kappa shape index (κ3) is 5.70. The lowest BCUT2D eigenvalue weighted by Crippen LogP contribution is -2.51. The van der Waals surface area contributed by atoms with Crippen molar-refractivity contribution in [3.8, 4) is 0 Å². The van der Waals surface area contributed by atoms with Gasteiger partial charge < -0.3 is 41.3 Å². The molecule has 0 aromatic carbocycles. The van der Waals surface area contributed by atoms with Gasteiger partial charge in [-0.1, -0.05) is 0 Å². The Morgan fingerprint density at radius 3 is 0.917 bits per heavy atom. The van der Waals surface area contributed by atoms with E-state index >= 15 is 0 Å². The van der Waals surface area contributed by atoms with Crippen molar-refractivity contribution >= 4 is 24.2 Å². The molecular weight excluding hydrogens is 324 g/mol. The predicted octanol–water partition coefficient (Wildman–Crippen LogP) is -1.28. The summed E-state index contributed by atoms with van der Waals surface area (Å²) in [5.74, 6) is 0. The molecule has 0 spiro atoms. The first-order valence-corrected chi connectivity index (χ1v) is 7.27. The minimum atomic E-state index is -1.22. The molecule has 0 saturated carbocycles. The molecule has 0 unspecified atom stereocenters. The Kier molecular flexibility index (Phi) is 6.89. The summed E-state index contributed by atoms with van der Waals surface area (Å²) in [7, 11) is 0. The highest BCUT2D eigenvalue weighted by Gasteiger charge is 2.22. The zero-order valence-electron chi connectivity index (χ0n) is 13.1. The van der Waals surface area contributed by atoms with E-state index in [4.69, 9.17) is 21.7 Å². The molecule has 1 fully saturated rings. The van der Waals surface area contributed by atoms with Crippen molar-refractivity contribution < 1.29 is 29.4 Å². The molecular formula is C12H22N6O6. The van der Waals surface area contributed by atoms with Crippen LogP contribution >= 0.6 is 0 Å². The van der Waals surface area contributed by atoms with Gasteiger partial charge in [0.15, 0.2) is 0 Å². The van der Waals surface area contributed by atoms with Crippen molar-refractivity contribution in [1.82, 2.24) is 19.6 Å². The molecule has 1 heterocycles. The molecule has 6 amide bonds. The second kappa shape index (κ2) is 8.64. The highest BCUT2D eigenvalue weighted by molar-refractivity contribution is 5.73. The Morgan fingerprint density at radius 2 is 0.750 bits per heavy atom. The summed E-state index contributed by atoms with van der Waals surface area (Å²) in [6.07, 6.45) is -2.44. The van der Waals surface area contributed by atoms with Crippen LogP contribution in [0, 0.1) is 0 Å². The molecule has 6 N–H and O–H groups in total. The number of amides is 6. The largest absolute Gasteiger partial charge is 0.465 e. The molecule has 1 rings (SSSR count). The summed E-state index contributed by atoms with van der Waals surface area (Å²) in [5.41, 5.74) is 10.5. The maximum absolute atomic E-state index is 11.4. The van der Waals surface area contributed by atoms with Crippen molar-refractivity contribution in [2.24, 2.45) is 11.5 Å². The maximum Gasteiger partial charge on any atom is 0.407 e. The lowest BCUT2D eigenvalue weighted by Gasteiger charge is -2.31. The highest BCUT2D eigenvalue weighted by atomic mass is 16.4. The summed E-state index contributed by atoms with van der Waals surface area (Å²) < 4.78 is 0. The Morgan fingerprint density at radius 1 is 0.542 bits per heavy atom. The number of carboxylic acid groups (broad SMARTS) is 2. The van der Waals surface area contributed by atoms with Crippen LogP contribution in [-0.2, 0) is 0 Å². The zero-order valence-corrected chi connectivity index (χ0v) is 13.1. The SMILES string of the molecule is NC(=O)N1CCN(C(N)=O)CCN(C(=O)O)CCN(C(=O)O)CC1. The monoisotopic (exact) mass is 346 g/mol. The molecule has 1 aliphatic rings. The first kappa shape index (κ1) is 19.1. The second-order valence-corrected chi connectivity index (χ2v) is 5.19. The molecule has 0 aromatic heterocycles. The van der Waals surface area contributed by atoms with Gasteiger partial charge in [0.1, 0.15) is 0 Å². The minimum Gasteiger partial charge on any atom is -0.465 e. The molecule has 0 aromatic rings. The number of rotatable bonds is 0. The molecule has 136 valence electrons. The van der Waals surface area contributed by atoms with E-state index in [0.717, 1.165) is 9.80 Å². The summed E-state index contributed by atoms with van der Waals surface area (Å²) in [5, 5.41) is 18.3. The maximum atomic E-state index is 11.4. The lowest BCUT2D eigenvalue weighted by molar-refractivity contribution is 0.110. The third-order valence-electron chi connectivity index (χ3n) is 3.72. The van der Waals surface area contributed by atoms with E-state index in [-0.39, 0.29) is 52.4 Å². The number of nitrogens with zero attached hydrogens (tertiary/aromatic N) is 4. The van der Waals surface area contributed by atoms with Gasteiger partial charge in [-0.2, -0.15) is 0 Å². The third-order valence-corrected chi connectivity index (χ3v) is 3.72. The van der Waals surface area contributed by atoms with Crippen molar-refractivity contribution in [3.05, 3.63) is 0 Å². The van der Waals surface area contributed by atoms with Crippen molar-refractivity contribution in [2.45, 2.75) is 0 Å². The number of hydrogen-bond donors (Lipinski definition) is 4. The van der Waals surface area contributed by atoms with Crippen molar-refractivity contribution in [1.29, 1.82) is 0 Å². The average Bonchev–Trinajstić information content (AvgIpc) is 2.46. The second-order valence-electron chi connectivity index (χ2n) is 5.19. The topological polar surface area (TPSA) is 174 Å². The molecule has 1 aliphatic heterocycles. The Balaban J connectivity index is 2.92. The van der Waals surface area contributed by atoms with E-state index in [1.54, 1.807) is 0 Å². The normalized spacial score (nSPS) is 17.7. The number of primary amides is 2. The van der Waals surface area contributed by atoms with Crippen LogP contribution in [0.3, 0.4) is 0 Å². The van der Waals surface area contributed by atoms with E-state index in [1.165, 1.54) is 9.80 Å². The minimum absolute atomic E-state index is 0.0255. The number of nitrogens with two attached hydrogens (primary N) is 2. The number of carbonyl (C=O) groups excluding carboxylic acids is 2. The van der Waals surface area contributed by atoms with Crippen LogP contribution in [0.5, 0.6) is 0 Å². The highest BCUT2D eigenvalue weighted by Crippen LogP contribution is 2.01. The first-order chi connectivity index (χ1) is 11.2. The van der Waals surface area contributed by atoms with Crippen LogP contribution in [0.1, 0.15) is 0 Å². The van der Waals surface area contributed by atoms with E-state index < -0.39 is 24.2 Å². The summed E-state index contributed by atoms with van der Waals surface area (Å²) in [4.78, 5) is 49.7. The van der Waals surface area contributed by atoms with E-state index in [2.05, 4.69) is 0 Å². The molecule has 12 nitrogen and oxygen atoms in total. The summed E-state index contributed by atoms with van der Waals surface area (Å²) in [6.45, 7) is 0.0143. The fraction of sp³-hybridized carbons (Fsp3) is 0.667. The molecule has 0 radical (unpaired) electrons. The molecule has 1 saturated heterocycles. The van der Waals surface area contributed by atoms with Gasteiger partial charge in [-0.25, -0.2) is 19.2 Å². The smallest absolute Gasteiger partial charge is 0.407 e. The van der Waals surface area contributed by atoms with Crippen LogP contribution in [0.4, 0.5) is 19.2 Å². The van der Waals surface area contributed by atoms with Crippen molar-refractivity contribution in [3.63, 3.8) is 0 Å². The van der Waals surface area contributed by atoms with Crippen LogP contribution in [-0.4, -0.2) is 106 Å². The van der Waals surface area contributed by atoms with E-state index in [9.17, 15) is 19.2 Å². The summed E-state index contributed by atoms with van der Waals surface area (Å²) in [6, 6.07) is -1.48. The Bertz CT molecular complexity index is 396. The quantitative estimate of drug-likeness (QED) is 0.425. The van der Waals surface area contributed by atoms with Gasteiger partial charge in [-0.15, -0.1) is 0 Å². The van der Waals surface area contributed by atoms with Gasteiger partial charge >= 0.3 is 24.2 Å². The zero-order chi connectivity index (χ0) is 18.3. The van der Waals surface area contributed by atoms with E-state index in [0.29, 0.717) is 0 Å². The number of carbonyl (C=O) groups is 4. The molecule has 12 heteroatoms. The molecule has 0 bridgehead atoms. The summed E-state index contributed by atoms with van der Waals surface area (Å²) >= 11 is 0. The fourth-order valence-electron chi connectivity index (χ4n) is 2.24. The van der Waals surface area contributed by atoms with E-state index in [1.807, 2.05) is 0 Å². The van der Waals surface area contributed by atoms with Gasteiger partial charge in [0.2, 0.25) is 0 Å². The van der Waals surface area contributed by atoms with Crippen LogP contribution in [0.15, 0.2) is 0 Å². The van der Waals surface area contributed by atoms with Crippen LogP contribution in [0.2, 0.25) is 0 Å². The number of urea groups is 2. The average molecular weight is 346 g/mol. The fourth-order valence-corrected chi connectivity index (χ4v) is 2.24. The lowest BCUT2D eigenvalue weighted by atomic mass is 10.3. The first-order valence-electron chi connectivity index (χ1n) is 7.27. The van der Waals surface area contributed by atoms with Gasteiger partial charge in [0.05, 0.1) is 0 Å². The van der Waals surface area contributed by atoms with Gasteiger partial charge in [-0.05, 0) is 0 Å². The number of hydrogen-bond acceptors (Lipinski definition) is 4. The van der Waals surface area contributed by atoms with Crippen LogP contribution < -0.4 is 11.5 Å². The predicted molar refractivity (Wildman–Crippen MR) is 81.5 cm³/mol. The Labute approximate surface area is 138 Å². The van der Waals surface area contributed by atoms with Gasteiger partial charge in [0, 0.05) is 52.4 Å². The van der Waals surface area contributed by atoms with Crippen molar-refractivity contribution in [2.75, 3.05) is 52.4 Å². The molecule has 0 aliphatic carbocycles. The molecule has 24 heavy (non-hydrogen) atoms. The van der Waals surface area contributed by atoms with Gasteiger partial charge in [-0.3, -0.25) is 0 Å². The van der Waals surface area contributed by atoms with Crippen LogP contribution in [0.25, 0.3) is 0 Å². The standard InChI is InChI=1S/C12H22N6O6/c13-9(19)15-1-2-16(10(14)20)4-6-18(12(23)24)8-7-17(5-3-15)11(21)22/h1-8H2,(H2,13,19)(H2,14,20)(H,21,22)(H,23,24).